The highest BCUT2D eigenvalue weighted by molar-refractivity contribution is 6.18. The van der Waals surface area contributed by atoms with Crippen LogP contribution in [0.5, 0.6) is 0 Å². The van der Waals surface area contributed by atoms with Gasteiger partial charge in [0.15, 0.2) is 12.6 Å². The van der Waals surface area contributed by atoms with E-state index < -0.39 is 12.6 Å². The van der Waals surface area contributed by atoms with Gasteiger partial charge in [-0.05, 0) is 11.1 Å². The third kappa shape index (κ3) is 3.85. The summed E-state index contributed by atoms with van der Waals surface area (Å²) in [5.41, 5.74) is 3.43. The topological polar surface area (TPSA) is 36.9 Å². The number of alkyl halides is 2. The van der Waals surface area contributed by atoms with Gasteiger partial charge in [-0.1, -0.05) is 37.4 Å². The Morgan fingerprint density at radius 3 is 1.50 bits per heavy atom. The first-order valence-electron chi connectivity index (χ1n) is 7.76. The molecule has 3 rings (SSSR count). The molecular weight excluding hydrogens is 351 g/mol. The third-order valence-electron chi connectivity index (χ3n) is 4.04. The first-order valence-corrected chi connectivity index (χ1v) is 8.83. The minimum atomic E-state index is -0.450. The molecule has 0 saturated carbocycles. The van der Waals surface area contributed by atoms with Crippen LogP contribution in [0.4, 0.5) is 0 Å². The van der Waals surface area contributed by atoms with E-state index in [0.717, 1.165) is 22.3 Å². The molecular formula is C18H20Cl2O4. The highest BCUT2D eigenvalue weighted by Gasteiger charge is 2.29. The summed E-state index contributed by atoms with van der Waals surface area (Å²) in [7, 11) is 0. The molecule has 2 aliphatic heterocycles. The summed E-state index contributed by atoms with van der Waals surface area (Å²) < 4.78 is 22.5. The highest BCUT2D eigenvalue weighted by Crippen LogP contribution is 2.29. The summed E-state index contributed by atoms with van der Waals surface area (Å²) in [5, 5.41) is 0. The average molecular weight is 371 g/mol. The first kappa shape index (κ1) is 17.9. The van der Waals surface area contributed by atoms with Gasteiger partial charge in [-0.3, -0.25) is 0 Å². The Bertz CT molecular complexity index is 549. The molecule has 0 N–H and O–H groups in total. The van der Waals surface area contributed by atoms with E-state index in [-0.39, 0.29) is 12.2 Å². The predicted octanol–water partition coefficient (Wildman–Crippen LogP) is 3.67. The van der Waals surface area contributed by atoms with E-state index in [4.69, 9.17) is 42.1 Å². The van der Waals surface area contributed by atoms with Crippen LogP contribution >= 0.6 is 23.2 Å². The number of hydrogen-bond donors (Lipinski definition) is 0. The molecule has 0 amide bonds. The second-order valence-electron chi connectivity index (χ2n) is 5.78. The molecule has 0 radical (unpaired) electrons. The number of rotatable bonds is 6. The fourth-order valence-corrected chi connectivity index (χ4v) is 2.92. The van der Waals surface area contributed by atoms with Crippen molar-refractivity contribution in [3.05, 3.63) is 48.6 Å². The lowest BCUT2D eigenvalue weighted by Crippen LogP contribution is -2.15. The van der Waals surface area contributed by atoms with E-state index in [1.807, 2.05) is 24.3 Å². The van der Waals surface area contributed by atoms with Crippen molar-refractivity contribution in [3.8, 4) is 0 Å². The van der Waals surface area contributed by atoms with Gasteiger partial charge in [0.25, 0.3) is 0 Å². The fraction of sp³-hybridized carbons (Fsp3) is 0.444. The van der Waals surface area contributed by atoms with E-state index >= 15 is 0 Å². The summed E-state index contributed by atoms with van der Waals surface area (Å²) in [6.45, 7) is 9.11. The maximum Gasteiger partial charge on any atom is 0.184 e. The summed E-state index contributed by atoms with van der Waals surface area (Å²) in [5.74, 6) is 0.820. The Hall–Kier alpha value is -0.880. The fourth-order valence-electron chi connectivity index (χ4n) is 2.59. The summed E-state index contributed by atoms with van der Waals surface area (Å²) in [6, 6.07) is 7.82. The molecule has 0 aliphatic carbocycles. The molecule has 4 unspecified atom stereocenters. The molecule has 4 atom stereocenters. The lowest BCUT2D eigenvalue weighted by atomic mass is 10.0. The van der Waals surface area contributed by atoms with Gasteiger partial charge in [0, 0.05) is 11.1 Å². The molecule has 2 aliphatic rings. The molecule has 0 aromatic heterocycles. The average Bonchev–Trinajstić information content (AvgIpc) is 3.29. The van der Waals surface area contributed by atoms with Gasteiger partial charge in [0.05, 0.1) is 37.2 Å². The van der Waals surface area contributed by atoms with Crippen LogP contribution in [0.2, 0.25) is 0 Å². The Morgan fingerprint density at radius 1 is 0.833 bits per heavy atom. The van der Waals surface area contributed by atoms with Gasteiger partial charge < -0.3 is 18.9 Å². The number of halogens is 2. The van der Waals surface area contributed by atoms with Crippen molar-refractivity contribution in [2.24, 2.45) is 0 Å². The van der Waals surface area contributed by atoms with Crippen molar-refractivity contribution in [3.63, 3.8) is 0 Å². The van der Waals surface area contributed by atoms with Crippen molar-refractivity contribution >= 4 is 34.3 Å². The van der Waals surface area contributed by atoms with E-state index in [1.165, 1.54) is 0 Å². The molecule has 130 valence electrons. The molecule has 4 nitrogen and oxygen atoms in total. The molecule has 2 fully saturated rings. The minimum absolute atomic E-state index is 0.0842. The van der Waals surface area contributed by atoms with Gasteiger partial charge in [-0.2, -0.15) is 0 Å². The van der Waals surface area contributed by atoms with Gasteiger partial charge in [-0.15, -0.1) is 23.2 Å². The van der Waals surface area contributed by atoms with Crippen LogP contribution < -0.4 is 0 Å². The van der Waals surface area contributed by atoms with Crippen molar-refractivity contribution in [2.75, 3.05) is 25.0 Å². The Labute approximate surface area is 151 Å². The van der Waals surface area contributed by atoms with Crippen LogP contribution in [-0.2, 0) is 18.9 Å². The molecule has 1 aromatic carbocycles. The molecule has 0 spiro atoms. The van der Waals surface area contributed by atoms with Crippen LogP contribution in [-0.4, -0.2) is 49.8 Å². The monoisotopic (exact) mass is 370 g/mol. The second kappa shape index (κ2) is 8.00. The normalized spacial score (nSPS) is 29.8. The number of hydrogen-bond acceptors (Lipinski definition) is 4. The standard InChI is InChI=1S/C18H20Cl2O4/c1-11(17-21-9-15(7-19)23-17)13-3-5-14(6-4-13)12(2)18-22-10-16(8-20)24-18/h3-6,15-18H,1-2,7-10H2. The van der Waals surface area contributed by atoms with E-state index in [9.17, 15) is 0 Å². The summed E-state index contributed by atoms with van der Waals surface area (Å²) in [6.07, 6.45) is -1.07. The Balaban J connectivity index is 1.63. The summed E-state index contributed by atoms with van der Waals surface area (Å²) >= 11 is 11.6. The summed E-state index contributed by atoms with van der Waals surface area (Å²) in [4.78, 5) is 0. The molecule has 1 aromatic rings. The zero-order valence-electron chi connectivity index (χ0n) is 13.3. The minimum Gasteiger partial charge on any atom is -0.346 e. The molecule has 6 heteroatoms. The van der Waals surface area contributed by atoms with Gasteiger partial charge >= 0.3 is 0 Å². The van der Waals surface area contributed by atoms with Gasteiger partial charge in [0.2, 0.25) is 0 Å². The number of ether oxygens (including phenoxy) is 4. The SMILES string of the molecule is C=C(c1ccc(C(=C)C2OCC(CCl)O2)cc1)C1OCC(CCl)O1. The lowest BCUT2D eigenvalue weighted by molar-refractivity contribution is -0.00760. The predicted molar refractivity (Wildman–Crippen MR) is 95.2 cm³/mol. The molecule has 2 heterocycles. The van der Waals surface area contributed by atoms with Crippen LogP contribution in [0, 0.1) is 0 Å². The van der Waals surface area contributed by atoms with Crippen LogP contribution in [0.25, 0.3) is 11.1 Å². The van der Waals surface area contributed by atoms with E-state index in [1.54, 1.807) is 0 Å². The van der Waals surface area contributed by atoms with Crippen molar-refractivity contribution in [2.45, 2.75) is 24.8 Å². The second-order valence-corrected chi connectivity index (χ2v) is 6.40. The van der Waals surface area contributed by atoms with Gasteiger partial charge in [-0.25, -0.2) is 0 Å². The Kier molecular flexibility index (Phi) is 5.98. The highest BCUT2D eigenvalue weighted by atomic mass is 35.5. The molecule has 2 saturated heterocycles. The third-order valence-corrected chi connectivity index (χ3v) is 4.73. The van der Waals surface area contributed by atoms with E-state index in [2.05, 4.69) is 13.2 Å². The van der Waals surface area contributed by atoms with Crippen molar-refractivity contribution in [1.82, 2.24) is 0 Å². The number of benzene rings is 1. The maximum absolute atomic E-state index is 5.79. The smallest absolute Gasteiger partial charge is 0.184 e. The van der Waals surface area contributed by atoms with Gasteiger partial charge in [0.1, 0.15) is 0 Å². The van der Waals surface area contributed by atoms with Crippen LogP contribution in [0.15, 0.2) is 37.4 Å². The maximum atomic E-state index is 5.79. The van der Waals surface area contributed by atoms with E-state index in [0.29, 0.717) is 25.0 Å². The molecule has 24 heavy (non-hydrogen) atoms. The quantitative estimate of drug-likeness (QED) is 0.715. The Morgan fingerprint density at radius 2 is 1.21 bits per heavy atom. The van der Waals surface area contributed by atoms with Crippen LogP contribution in [0.1, 0.15) is 11.1 Å². The zero-order valence-corrected chi connectivity index (χ0v) is 14.8. The van der Waals surface area contributed by atoms with Crippen LogP contribution in [0.3, 0.4) is 0 Å². The lowest BCUT2D eigenvalue weighted by Gasteiger charge is -2.16. The van der Waals surface area contributed by atoms with Crippen molar-refractivity contribution < 1.29 is 18.9 Å². The first-order chi connectivity index (χ1) is 11.6. The largest absolute Gasteiger partial charge is 0.346 e. The molecule has 0 bridgehead atoms. The zero-order chi connectivity index (χ0) is 17.1. The van der Waals surface area contributed by atoms with Crippen molar-refractivity contribution in [1.29, 1.82) is 0 Å².